The van der Waals surface area contributed by atoms with Gasteiger partial charge in [-0.25, -0.2) is 9.59 Å². The molecule has 150 valence electrons. The quantitative estimate of drug-likeness (QED) is 0.439. The van der Waals surface area contributed by atoms with Gasteiger partial charge in [-0.15, -0.1) is 0 Å². The summed E-state index contributed by atoms with van der Waals surface area (Å²) in [5.41, 5.74) is -0.0106. The van der Waals surface area contributed by atoms with E-state index >= 15 is 0 Å². The molecule has 3 amide bonds. The zero-order chi connectivity index (χ0) is 20.8. The molecule has 0 aliphatic carbocycles. The van der Waals surface area contributed by atoms with Gasteiger partial charge in [0.1, 0.15) is 13.2 Å². The summed E-state index contributed by atoms with van der Waals surface area (Å²) in [5, 5.41) is 15.2. The number of urea groups is 1. The standard InChI is InChI=1S/C18H15N3O8/c22-16(10-29-17(23)11-2-1-3-13(8-11)21(25)26)20-18(24)19-12-4-5-14-15(9-12)28-7-6-27-14/h1-5,8-9H,6-7,10H2,(H2,19,20,22,24). The molecule has 0 aromatic heterocycles. The Bertz CT molecular complexity index is 975. The second kappa shape index (κ2) is 8.69. The zero-order valence-corrected chi connectivity index (χ0v) is 14.9. The molecule has 0 radical (unpaired) electrons. The van der Waals surface area contributed by atoms with E-state index in [1.807, 2.05) is 5.32 Å². The molecule has 11 nitrogen and oxygen atoms in total. The van der Waals surface area contributed by atoms with Crippen LogP contribution < -0.4 is 20.1 Å². The number of rotatable bonds is 5. The highest BCUT2D eigenvalue weighted by Crippen LogP contribution is 2.32. The molecular weight excluding hydrogens is 386 g/mol. The Labute approximate surface area is 163 Å². The molecule has 29 heavy (non-hydrogen) atoms. The van der Waals surface area contributed by atoms with Crippen LogP contribution in [0, 0.1) is 10.1 Å². The van der Waals surface area contributed by atoms with Crippen LogP contribution in [0.1, 0.15) is 10.4 Å². The summed E-state index contributed by atoms with van der Waals surface area (Å²) in [6, 6.07) is 8.75. The number of hydrogen-bond acceptors (Lipinski definition) is 8. The molecule has 11 heteroatoms. The lowest BCUT2D eigenvalue weighted by molar-refractivity contribution is -0.384. The zero-order valence-electron chi connectivity index (χ0n) is 14.9. The molecule has 0 bridgehead atoms. The summed E-state index contributed by atoms with van der Waals surface area (Å²) in [5.74, 6) is -0.799. The van der Waals surface area contributed by atoms with Crippen LogP contribution in [0.3, 0.4) is 0 Å². The summed E-state index contributed by atoms with van der Waals surface area (Å²) < 4.78 is 15.5. The van der Waals surface area contributed by atoms with Crippen molar-refractivity contribution >= 4 is 29.3 Å². The number of esters is 1. The number of fused-ring (bicyclic) bond motifs is 1. The number of anilines is 1. The SMILES string of the molecule is O=C(COC(=O)c1cccc([N+](=O)[O-])c1)NC(=O)Nc1ccc2c(c1)OCCO2. The Morgan fingerprint density at radius 2 is 1.83 bits per heavy atom. The molecule has 1 aliphatic rings. The van der Waals surface area contributed by atoms with Crippen molar-refractivity contribution in [2.75, 3.05) is 25.1 Å². The molecule has 1 heterocycles. The minimum atomic E-state index is -0.934. The second-order valence-corrected chi connectivity index (χ2v) is 5.74. The molecule has 0 spiro atoms. The summed E-state index contributed by atoms with van der Waals surface area (Å²) in [6.45, 7) is 0.0803. The van der Waals surface area contributed by atoms with Gasteiger partial charge in [0.2, 0.25) is 0 Å². The van der Waals surface area contributed by atoms with Gasteiger partial charge in [0.05, 0.1) is 10.5 Å². The van der Waals surface area contributed by atoms with E-state index in [4.69, 9.17) is 14.2 Å². The van der Waals surface area contributed by atoms with Crippen molar-refractivity contribution in [2.45, 2.75) is 0 Å². The molecule has 3 rings (SSSR count). The van der Waals surface area contributed by atoms with Gasteiger partial charge in [-0.05, 0) is 18.2 Å². The molecule has 2 aromatic rings. The Kier molecular flexibility index (Phi) is 5.88. The van der Waals surface area contributed by atoms with E-state index in [1.54, 1.807) is 18.2 Å². The number of non-ortho nitro benzene ring substituents is 1. The fraction of sp³-hybridized carbons (Fsp3) is 0.167. The second-order valence-electron chi connectivity index (χ2n) is 5.74. The van der Waals surface area contributed by atoms with Gasteiger partial charge in [0.15, 0.2) is 18.1 Å². The number of nitro groups is 1. The van der Waals surface area contributed by atoms with E-state index in [1.165, 1.54) is 18.2 Å². The van der Waals surface area contributed by atoms with E-state index in [0.29, 0.717) is 30.4 Å². The number of nitrogens with zero attached hydrogens (tertiary/aromatic N) is 1. The lowest BCUT2D eigenvalue weighted by Gasteiger charge is -2.19. The van der Waals surface area contributed by atoms with Crippen molar-refractivity contribution in [3.05, 3.63) is 58.1 Å². The van der Waals surface area contributed by atoms with Gasteiger partial charge < -0.3 is 19.5 Å². The smallest absolute Gasteiger partial charge is 0.338 e. The summed E-state index contributed by atoms with van der Waals surface area (Å²) in [6.07, 6.45) is 0. The van der Waals surface area contributed by atoms with Gasteiger partial charge in [-0.2, -0.15) is 0 Å². The van der Waals surface area contributed by atoms with Gasteiger partial charge >= 0.3 is 12.0 Å². The monoisotopic (exact) mass is 401 g/mol. The van der Waals surface area contributed by atoms with Crippen LogP contribution in [0.5, 0.6) is 11.5 Å². The predicted molar refractivity (Wildman–Crippen MR) is 98.0 cm³/mol. The van der Waals surface area contributed by atoms with Crippen molar-refractivity contribution in [1.29, 1.82) is 0 Å². The number of ether oxygens (including phenoxy) is 3. The van der Waals surface area contributed by atoms with Crippen molar-refractivity contribution < 1.29 is 33.5 Å². The van der Waals surface area contributed by atoms with Gasteiger partial charge in [-0.1, -0.05) is 6.07 Å². The third-order valence-electron chi connectivity index (χ3n) is 3.68. The third kappa shape index (κ3) is 5.19. The van der Waals surface area contributed by atoms with Crippen LogP contribution in [-0.2, 0) is 9.53 Å². The number of nitro benzene ring substituents is 1. The Morgan fingerprint density at radius 3 is 2.59 bits per heavy atom. The van der Waals surface area contributed by atoms with Gasteiger partial charge in [0, 0.05) is 23.9 Å². The van der Waals surface area contributed by atoms with Crippen LogP contribution in [0.2, 0.25) is 0 Å². The molecule has 0 unspecified atom stereocenters. The first kappa shape index (κ1) is 19.6. The average Bonchev–Trinajstić information content (AvgIpc) is 2.72. The summed E-state index contributed by atoms with van der Waals surface area (Å²) in [4.78, 5) is 45.6. The van der Waals surface area contributed by atoms with E-state index in [0.717, 1.165) is 6.07 Å². The van der Waals surface area contributed by atoms with Gasteiger partial charge in [0.25, 0.3) is 11.6 Å². The molecule has 2 aromatic carbocycles. The topological polar surface area (TPSA) is 146 Å². The van der Waals surface area contributed by atoms with Crippen LogP contribution >= 0.6 is 0 Å². The van der Waals surface area contributed by atoms with Crippen molar-refractivity contribution in [3.63, 3.8) is 0 Å². The van der Waals surface area contributed by atoms with Crippen LogP contribution in [0.4, 0.5) is 16.2 Å². The molecule has 1 aliphatic heterocycles. The van der Waals surface area contributed by atoms with E-state index in [9.17, 15) is 24.5 Å². The summed E-state index contributed by atoms with van der Waals surface area (Å²) in [7, 11) is 0. The fourth-order valence-electron chi connectivity index (χ4n) is 2.41. The highest BCUT2D eigenvalue weighted by Gasteiger charge is 2.16. The Morgan fingerprint density at radius 1 is 1.07 bits per heavy atom. The Balaban J connectivity index is 1.49. The van der Waals surface area contributed by atoms with Crippen LogP contribution in [0.15, 0.2) is 42.5 Å². The number of nitrogens with one attached hydrogen (secondary N) is 2. The van der Waals surface area contributed by atoms with Crippen LogP contribution in [0.25, 0.3) is 0 Å². The minimum Gasteiger partial charge on any atom is -0.486 e. The first-order valence-electron chi connectivity index (χ1n) is 8.34. The minimum absolute atomic E-state index is 0.0901. The maximum Gasteiger partial charge on any atom is 0.338 e. The molecule has 0 atom stereocenters. The maximum absolute atomic E-state index is 11.9. The van der Waals surface area contributed by atoms with Crippen molar-refractivity contribution in [2.24, 2.45) is 0 Å². The van der Waals surface area contributed by atoms with E-state index in [2.05, 4.69) is 5.32 Å². The number of benzene rings is 2. The number of carbonyl (C=O) groups excluding carboxylic acids is 3. The van der Waals surface area contributed by atoms with E-state index in [-0.39, 0.29) is 11.3 Å². The third-order valence-corrected chi connectivity index (χ3v) is 3.68. The number of hydrogen-bond donors (Lipinski definition) is 2. The molecule has 0 saturated carbocycles. The maximum atomic E-state index is 11.9. The number of imide groups is 1. The first-order valence-corrected chi connectivity index (χ1v) is 8.34. The first-order chi connectivity index (χ1) is 13.9. The molecular formula is C18H15N3O8. The number of amides is 3. The average molecular weight is 401 g/mol. The van der Waals surface area contributed by atoms with Crippen molar-refractivity contribution in [3.8, 4) is 11.5 Å². The highest BCUT2D eigenvalue weighted by atomic mass is 16.6. The lowest BCUT2D eigenvalue weighted by Crippen LogP contribution is -2.37. The highest BCUT2D eigenvalue weighted by molar-refractivity contribution is 6.02. The largest absolute Gasteiger partial charge is 0.486 e. The molecule has 0 fully saturated rings. The number of carbonyl (C=O) groups is 3. The predicted octanol–water partition coefficient (Wildman–Crippen LogP) is 1.87. The van der Waals surface area contributed by atoms with Crippen LogP contribution in [-0.4, -0.2) is 42.7 Å². The van der Waals surface area contributed by atoms with E-state index < -0.39 is 29.4 Å². The fourth-order valence-corrected chi connectivity index (χ4v) is 2.41. The van der Waals surface area contributed by atoms with Gasteiger partial charge in [-0.3, -0.25) is 20.2 Å². The lowest BCUT2D eigenvalue weighted by atomic mass is 10.2. The molecule has 2 N–H and O–H groups in total. The molecule has 0 saturated heterocycles. The Hall–Kier alpha value is -4.15. The van der Waals surface area contributed by atoms with Crippen molar-refractivity contribution in [1.82, 2.24) is 5.32 Å². The normalized spacial score (nSPS) is 11.9. The summed E-state index contributed by atoms with van der Waals surface area (Å²) >= 11 is 0.